The van der Waals surface area contributed by atoms with Gasteiger partial charge in [0, 0.05) is 13.1 Å². The van der Waals surface area contributed by atoms with Crippen LogP contribution >= 0.6 is 0 Å². The highest BCUT2D eigenvalue weighted by atomic mass is 32.2. The first-order valence-electron chi connectivity index (χ1n) is 5.24. The van der Waals surface area contributed by atoms with Gasteiger partial charge in [0.15, 0.2) is 15.8 Å². The van der Waals surface area contributed by atoms with Crippen LogP contribution in [-0.4, -0.2) is 49.9 Å². The topological polar surface area (TPSA) is 75.8 Å². The van der Waals surface area contributed by atoms with Crippen molar-refractivity contribution in [3.05, 3.63) is 0 Å². The fraction of sp³-hybridized carbons (Fsp3) is 0.889. The summed E-state index contributed by atoms with van der Waals surface area (Å²) in [7, 11) is -1.01. The molecule has 1 aliphatic heterocycles. The van der Waals surface area contributed by atoms with Crippen LogP contribution < -0.4 is 5.73 Å². The Labute approximate surface area is 90.3 Å². The normalized spacial score (nSPS) is 30.5. The summed E-state index contributed by atoms with van der Waals surface area (Å²) in [5.74, 6) is 0.975. The third kappa shape index (κ3) is 2.62. The SMILES string of the molecule is CN(C(N)=NC1CC1)C1CCS(=O)(=O)C1. The van der Waals surface area contributed by atoms with E-state index in [2.05, 4.69) is 4.99 Å². The van der Waals surface area contributed by atoms with E-state index in [9.17, 15) is 8.42 Å². The van der Waals surface area contributed by atoms with E-state index in [-0.39, 0.29) is 17.5 Å². The molecule has 1 unspecified atom stereocenters. The molecule has 6 heteroatoms. The smallest absolute Gasteiger partial charge is 0.191 e. The largest absolute Gasteiger partial charge is 0.370 e. The van der Waals surface area contributed by atoms with Crippen LogP contribution in [0.4, 0.5) is 0 Å². The predicted molar refractivity (Wildman–Crippen MR) is 59.5 cm³/mol. The van der Waals surface area contributed by atoms with Crippen molar-refractivity contribution in [1.29, 1.82) is 0 Å². The molecule has 0 aromatic heterocycles. The first-order valence-corrected chi connectivity index (χ1v) is 7.06. The molecule has 1 heterocycles. The molecular weight excluding hydrogens is 214 g/mol. The molecular formula is C9H17N3O2S. The standard InChI is InChI=1S/C9H17N3O2S/c1-12(9(10)11-7-2-3-7)8-4-5-15(13,14)6-8/h7-8H,2-6H2,1H3,(H2,10,11). The Balaban J connectivity index is 1.99. The molecule has 0 aromatic rings. The summed E-state index contributed by atoms with van der Waals surface area (Å²) in [5.41, 5.74) is 5.81. The maximum absolute atomic E-state index is 11.3. The molecule has 2 N–H and O–H groups in total. The molecule has 1 saturated carbocycles. The van der Waals surface area contributed by atoms with Crippen molar-refractivity contribution in [2.45, 2.75) is 31.3 Å². The summed E-state index contributed by atoms with van der Waals surface area (Å²) in [6.45, 7) is 0. The second kappa shape index (κ2) is 3.66. The lowest BCUT2D eigenvalue weighted by atomic mass is 10.2. The lowest BCUT2D eigenvalue weighted by Gasteiger charge is -2.24. The maximum atomic E-state index is 11.3. The monoisotopic (exact) mass is 231 g/mol. The first kappa shape index (κ1) is 10.7. The summed E-state index contributed by atoms with van der Waals surface area (Å²) in [4.78, 5) is 6.11. The maximum Gasteiger partial charge on any atom is 0.191 e. The molecule has 0 aromatic carbocycles. The van der Waals surface area contributed by atoms with Gasteiger partial charge in [0.05, 0.1) is 17.5 Å². The molecule has 1 aliphatic carbocycles. The van der Waals surface area contributed by atoms with Crippen LogP contribution in [-0.2, 0) is 9.84 Å². The first-order chi connectivity index (χ1) is 6.98. The van der Waals surface area contributed by atoms with Crippen LogP contribution in [0.2, 0.25) is 0 Å². The minimum absolute atomic E-state index is 0.0116. The molecule has 2 rings (SSSR count). The van der Waals surface area contributed by atoms with Gasteiger partial charge in [0.2, 0.25) is 0 Å². The predicted octanol–water partition coefficient (Wildman–Crippen LogP) is -0.418. The molecule has 2 fully saturated rings. The van der Waals surface area contributed by atoms with Crippen LogP contribution in [0.25, 0.3) is 0 Å². The average Bonchev–Trinajstić information content (AvgIpc) is 2.88. The lowest BCUT2D eigenvalue weighted by molar-refractivity contribution is 0.391. The van der Waals surface area contributed by atoms with Gasteiger partial charge in [-0.1, -0.05) is 0 Å². The Hall–Kier alpha value is -0.780. The lowest BCUT2D eigenvalue weighted by Crippen LogP contribution is -2.42. The van der Waals surface area contributed by atoms with Crippen molar-refractivity contribution in [2.24, 2.45) is 10.7 Å². The minimum atomic E-state index is -2.84. The number of nitrogens with zero attached hydrogens (tertiary/aromatic N) is 2. The van der Waals surface area contributed by atoms with E-state index >= 15 is 0 Å². The van der Waals surface area contributed by atoms with E-state index in [0.29, 0.717) is 18.4 Å². The third-order valence-electron chi connectivity index (χ3n) is 2.98. The van der Waals surface area contributed by atoms with Crippen molar-refractivity contribution in [3.63, 3.8) is 0 Å². The Bertz CT molecular complexity index is 373. The highest BCUT2D eigenvalue weighted by molar-refractivity contribution is 7.91. The van der Waals surface area contributed by atoms with Gasteiger partial charge in [0.1, 0.15) is 0 Å². The molecule has 0 radical (unpaired) electrons. The molecule has 15 heavy (non-hydrogen) atoms. The van der Waals surface area contributed by atoms with E-state index in [4.69, 9.17) is 5.73 Å². The van der Waals surface area contributed by atoms with Gasteiger partial charge in [0.25, 0.3) is 0 Å². The summed E-state index contributed by atoms with van der Waals surface area (Å²) in [5, 5.41) is 0. The molecule has 2 aliphatic rings. The Morgan fingerprint density at radius 3 is 2.53 bits per heavy atom. The Morgan fingerprint density at radius 2 is 2.07 bits per heavy atom. The molecule has 86 valence electrons. The van der Waals surface area contributed by atoms with E-state index in [1.165, 1.54) is 0 Å². The number of hydrogen-bond donors (Lipinski definition) is 1. The number of aliphatic imine (C=N–C) groups is 1. The van der Waals surface area contributed by atoms with Gasteiger partial charge >= 0.3 is 0 Å². The second-order valence-corrected chi connectivity index (χ2v) is 6.61. The van der Waals surface area contributed by atoms with Crippen molar-refractivity contribution in [1.82, 2.24) is 4.90 Å². The van der Waals surface area contributed by atoms with Crippen molar-refractivity contribution < 1.29 is 8.42 Å². The zero-order valence-electron chi connectivity index (χ0n) is 8.89. The van der Waals surface area contributed by atoms with Gasteiger partial charge in [-0.3, -0.25) is 0 Å². The van der Waals surface area contributed by atoms with E-state index in [1.807, 2.05) is 11.9 Å². The molecule has 0 amide bonds. The van der Waals surface area contributed by atoms with Crippen LogP contribution in [0.3, 0.4) is 0 Å². The van der Waals surface area contributed by atoms with Gasteiger partial charge in [-0.2, -0.15) is 0 Å². The van der Waals surface area contributed by atoms with Crippen LogP contribution in [0.1, 0.15) is 19.3 Å². The Kier molecular flexibility index (Phi) is 2.62. The summed E-state index contributed by atoms with van der Waals surface area (Å²) < 4.78 is 22.6. The minimum Gasteiger partial charge on any atom is -0.370 e. The van der Waals surface area contributed by atoms with Crippen molar-refractivity contribution >= 4 is 15.8 Å². The zero-order valence-corrected chi connectivity index (χ0v) is 9.70. The Morgan fingerprint density at radius 1 is 1.40 bits per heavy atom. The quantitative estimate of drug-likeness (QED) is 0.517. The highest BCUT2D eigenvalue weighted by Gasteiger charge is 2.32. The van der Waals surface area contributed by atoms with Crippen LogP contribution in [0.5, 0.6) is 0 Å². The van der Waals surface area contributed by atoms with E-state index < -0.39 is 9.84 Å². The van der Waals surface area contributed by atoms with E-state index in [0.717, 1.165) is 12.8 Å². The van der Waals surface area contributed by atoms with Crippen LogP contribution in [0.15, 0.2) is 4.99 Å². The number of nitrogens with two attached hydrogens (primary N) is 1. The third-order valence-corrected chi connectivity index (χ3v) is 4.73. The fourth-order valence-corrected chi connectivity index (χ4v) is 3.52. The molecule has 0 spiro atoms. The number of hydrogen-bond acceptors (Lipinski definition) is 3. The van der Waals surface area contributed by atoms with Crippen molar-refractivity contribution in [2.75, 3.05) is 18.6 Å². The molecule has 0 bridgehead atoms. The summed E-state index contributed by atoms with van der Waals surface area (Å²) in [6, 6.07) is 0.392. The van der Waals surface area contributed by atoms with Crippen molar-refractivity contribution in [3.8, 4) is 0 Å². The second-order valence-electron chi connectivity index (χ2n) is 4.39. The van der Waals surface area contributed by atoms with Crippen LogP contribution in [0, 0.1) is 0 Å². The van der Waals surface area contributed by atoms with Gasteiger partial charge in [-0.15, -0.1) is 0 Å². The average molecular weight is 231 g/mol. The van der Waals surface area contributed by atoms with Gasteiger partial charge in [-0.25, -0.2) is 13.4 Å². The van der Waals surface area contributed by atoms with Gasteiger partial charge in [-0.05, 0) is 19.3 Å². The molecule has 1 atom stereocenters. The number of rotatable bonds is 2. The van der Waals surface area contributed by atoms with Gasteiger partial charge < -0.3 is 10.6 Å². The number of sulfone groups is 1. The summed E-state index contributed by atoms with van der Waals surface area (Å²) in [6.07, 6.45) is 2.88. The molecule has 1 saturated heterocycles. The zero-order chi connectivity index (χ0) is 11.1. The molecule has 5 nitrogen and oxygen atoms in total. The highest BCUT2D eigenvalue weighted by Crippen LogP contribution is 2.24. The number of guanidine groups is 1. The van der Waals surface area contributed by atoms with E-state index in [1.54, 1.807) is 0 Å². The summed E-state index contributed by atoms with van der Waals surface area (Å²) >= 11 is 0. The fourth-order valence-electron chi connectivity index (χ4n) is 1.75.